The highest BCUT2D eigenvalue weighted by atomic mass is 19.1. The summed E-state index contributed by atoms with van der Waals surface area (Å²) in [5, 5.41) is 13.0. The molecule has 0 heterocycles. The van der Waals surface area contributed by atoms with Crippen LogP contribution < -0.4 is 10.1 Å². The molecular weight excluding hydrogens is 257 g/mol. The van der Waals surface area contributed by atoms with E-state index in [4.69, 9.17) is 4.74 Å². The van der Waals surface area contributed by atoms with Gasteiger partial charge in [-0.25, -0.2) is 4.39 Å². The average Bonchev–Trinajstić information content (AvgIpc) is 2.45. The molecule has 4 heteroatoms. The predicted octanol–water partition coefficient (Wildman–Crippen LogP) is 2.99. The standard InChI is InChI=1S/C16H18FNO2/c1-12-3-2-4-14(9-12)18-10-15(19)11-20-16-7-5-13(17)6-8-16/h2-9,15,18-19H,10-11H2,1H3. The van der Waals surface area contributed by atoms with Crippen molar-refractivity contribution in [3.63, 3.8) is 0 Å². The van der Waals surface area contributed by atoms with Gasteiger partial charge in [-0.05, 0) is 48.9 Å². The Kier molecular flexibility index (Phi) is 4.96. The van der Waals surface area contributed by atoms with Crippen molar-refractivity contribution >= 4 is 5.69 Å². The molecule has 2 aromatic rings. The van der Waals surface area contributed by atoms with Gasteiger partial charge in [0.05, 0.1) is 0 Å². The number of halogens is 1. The number of aliphatic hydroxyl groups excluding tert-OH is 1. The first kappa shape index (κ1) is 14.3. The normalized spacial score (nSPS) is 11.9. The Hall–Kier alpha value is -2.07. The molecule has 0 aromatic heterocycles. The van der Waals surface area contributed by atoms with Crippen LogP contribution in [0.15, 0.2) is 48.5 Å². The molecule has 0 aliphatic carbocycles. The third kappa shape index (κ3) is 4.55. The van der Waals surface area contributed by atoms with Crippen LogP contribution in [0.2, 0.25) is 0 Å². The van der Waals surface area contributed by atoms with Gasteiger partial charge >= 0.3 is 0 Å². The molecule has 0 spiro atoms. The van der Waals surface area contributed by atoms with Gasteiger partial charge < -0.3 is 15.2 Å². The Labute approximate surface area is 118 Å². The third-order valence-electron chi connectivity index (χ3n) is 2.82. The van der Waals surface area contributed by atoms with Gasteiger partial charge in [-0.2, -0.15) is 0 Å². The maximum atomic E-state index is 12.7. The lowest BCUT2D eigenvalue weighted by atomic mass is 10.2. The number of nitrogens with one attached hydrogen (secondary N) is 1. The molecule has 0 bridgehead atoms. The molecule has 106 valence electrons. The summed E-state index contributed by atoms with van der Waals surface area (Å²) in [6.45, 7) is 2.56. The molecule has 0 saturated heterocycles. The molecule has 1 atom stereocenters. The molecule has 3 nitrogen and oxygen atoms in total. The number of hydrogen-bond acceptors (Lipinski definition) is 3. The Balaban J connectivity index is 1.75. The lowest BCUT2D eigenvalue weighted by Gasteiger charge is -2.14. The zero-order valence-corrected chi connectivity index (χ0v) is 11.3. The van der Waals surface area contributed by atoms with Gasteiger partial charge in [-0.1, -0.05) is 12.1 Å². The second-order valence-corrected chi connectivity index (χ2v) is 4.67. The van der Waals surface area contributed by atoms with Gasteiger partial charge in [0.15, 0.2) is 0 Å². The summed E-state index contributed by atoms with van der Waals surface area (Å²) >= 11 is 0. The number of ether oxygens (including phenoxy) is 1. The van der Waals surface area contributed by atoms with Crippen molar-refractivity contribution in [1.82, 2.24) is 0 Å². The molecule has 20 heavy (non-hydrogen) atoms. The van der Waals surface area contributed by atoms with Crippen LogP contribution in [0.5, 0.6) is 5.75 Å². The van der Waals surface area contributed by atoms with Crippen LogP contribution in [0.4, 0.5) is 10.1 Å². The summed E-state index contributed by atoms with van der Waals surface area (Å²) < 4.78 is 18.1. The van der Waals surface area contributed by atoms with E-state index in [9.17, 15) is 9.50 Å². The van der Waals surface area contributed by atoms with E-state index in [-0.39, 0.29) is 12.4 Å². The Bertz CT molecular complexity index is 542. The van der Waals surface area contributed by atoms with Crippen LogP contribution in [0, 0.1) is 12.7 Å². The molecule has 0 fully saturated rings. The number of benzene rings is 2. The fourth-order valence-corrected chi connectivity index (χ4v) is 1.77. The lowest BCUT2D eigenvalue weighted by molar-refractivity contribution is 0.117. The van der Waals surface area contributed by atoms with E-state index in [2.05, 4.69) is 5.32 Å². The molecular formula is C16H18FNO2. The van der Waals surface area contributed by atoms with Crippen molar-refractivity contribution in [3.8, 4) is 5.75 Å². The second kappa shape index (κ2) is 6.91. The molecule has 2 aromatic carbocycles. The van der Waals surface area contributed by atoms with Gasteiger partial charge in [0.2, 0.25) is 0 Å². The zero-order chi connectivity index (χ0) is 14.4. The molecule has 1 unspecified atom stereocenters. The first-order chi connectivity index (χ1) is 9.63. The van der Waals surface area contributed by atoms with Gasteiger partial charge in [-0.15, -0.1) is 0 Å². The summed E-state index contributed by atoms with van der Waals surface area (Å²) in [4.78, 5) is 0. The fraction of sp³-hybridized carbons (Fsp3) is 0.250. The average molecular weight is 275 g/mol. The summed E-state index contributed by atoms with van der Waals surface area (Å²) in [6.07, 6.45) is -0.638. The SMILES string of the molecule is Cc1cccc(NCC(O)COc2ccc(F)cc2)c1. The summed E-state index contributed by atoms with van der Waals surface area (Å²) in [5.74, 6) is 0.236. The molecule has 2 N–H and O–H groups in total. The number of hydrogen-bond donors (Lipinski definition) is 2. The Morgan fingerprint density at radius 3 is 2.65 bits per heavy atom. The van der Waals surface area contributed by atoms with Crippen molar-refractivity contribution in [2.45, 2.75) is 13.0 Å². The van der Waals surface area contributed by atoms with Crippen LogP contribution in [0.1, 0.15) is 5.56 Å². The molecule has 0 aliphatic rings. The highest BCUT2D eigenvalue weighted by Crippen LogP contribution is 2.12. The van der Waals surface area contributed by atoms with Gasteiger partial charge in [-0.3, -0.25) is 0 Å². The maximum Gasteiger partial charge on any atom is 0.123 e. The zero-order valence-electron chi connectivity index (χ0n) is 11.3. The van der Waals surface area contributed by atoms with E-state index < -0.39 is 6.10 Å². The fourth-order valence-electron chi connectivity index (χ4n) is 1.77. The van der Waals surface area contributed by atoms with Crippen LogP contribution in [-0.2, 0) is 0 Å². The van der Waals surface area contributed by atoms with E-state index >= 15 is 0 Å². The van der Waals surface area contributed by atoms with E-state index in [0.29, 0.717) is 12.3 Å². The number of aryl methyl sites for hydroxylation is 1. The minimum absolute atomic E-state index is 0.157. The largest absolute Gasteiger partial charge is 0.491 e. The van der Waals surface area contributed by atoms with Crippen LogP contribution in [0.25, 0.3) is 0 Å². The van der Waals surface area contributed by atoms with Crippen molar-refractivity contribution in [2.75, 3.05) is 18.5 Å². The number of rotatable bonds is 6. The van der Waals surface area contributed by atoms with E-state index in [1.165, 1.54) is 24.3 Å². The van der Waals surface area contributed by atoms with E-state index in [1.54, 1.807) is 0 Å². The van der Waals surface area contributed by atoms with E-state index in [0.717, 1.165) is 11.3 Å². The Morgan fingerprint density at radius 2 is 1.95 bits per heavy atom. The Morgan fingerprint density at radius 1 is 1.20 bits per heavy atom. The smallest absolute Gasteiger partial charge is 0.123 e. The van der Waals surface area contributed by atoms with Crippen molar-refractivity contribution in [2.24, 2.45) is 0 Å². The van der Waals surface area contributed by atoms with Gasteiger partial charge in [0.1, 0.15) is 24.3 Å². The maximum absolute atomic E-state index is 12.7. The van der Waals surface area contributed by atoms with E-state index in [1.807, 2.05) is 31.2 Å². The summed E-state index contributed by atoms with van der Waals surface area (Å²) in [6, 6.07) is 13.7. The van der Waals surface area contributed by atoms with Crippen molar-refractivity contribution in [3.05, 3.63) is 59.9 Å². The molecule has 2 rings (SSSR count). The van der Waals surface area contributed by atoms with Gasteiger partial charge in [0.25, 0.3) is 0 Å². The summed E-state index contributed by atoms with van der Waals surface area (Å²) in [5.41, 5.74) is 2.12. The van der Waals surface area contributed by atoms with Crippen LogP contribution in [0.3, 0.4) is 0 Å². The summed E-state index contributed by atoms with van der Waals surface area (Å²) in [7, 11) is 0. The second-order valence-electron chi connectivity index (χ2n) is 4.67. The highest BCUT2D eigenvalue weighted by Gasteiger charge is 2.05. The highest BCUT2D eigenvalue weighted by molar-refractivity contribution is 5.45. The molecule has 0 amide bonds. The first-order valence-corrected chi connectivity index (χ1v) is 6.50. The molecule has 0 radical (unpaired) electrons. The quantitative estimate of drug-likeness (QED) is 0.851. The molecule has 0 aliphatic heterocycles. The monoisotopic (exact) mass is 275 g/mol. The van der Waals surface area contributed by atoms with Crippen molar-refractivity contribution < 1.29 is 14.2 Å². The molecule has 0 saturated carbocycles. The van der Waals surface area contributed by atoms with Crippen LogP contribution >= 0.6 is 0 Å². The topological polar surface area (TPSA) is 41.5 Å². The first-order valence-electron chi connectivity index (χ1n) is 6.50. The minimum atomic E-state index is -0.638. The van der Waals surface area contributed by atoms with Crippen LogP contribution in [-0.4, -0.2) is 24.4 Å². The lowest BCUT2D eigenvalue weighted by Crippen LogP contribution is -2.26. The van der Waals surface area contributed by atoms with Crippen molar-refractivity contribution in [1.29, 1.82) is 0 Å². The van der Waals surface area contributed by atoms with Gasteiger partial charge in [0, 0.05) is 12.2 Å². The third-order valence-corrected chi connectivity index (χ3v) is 2.82. The number of aliphatic hydroxyl groups is 1. The minimum Gasteiger partial charge on any atom is -0.491 e. The number of anilines is 1. The predicted molar refractivity (Wildman–Crippen MR) is 77.6 cm³/mol.